The molecule has 0 aliphatic heterocycles. The van der Waals surface area contributed by atoms with Gasteiger partial charge < -0.3 is 5.11 Å². The molecule has 1 aliphatic rings. The largest absolute Gasteiger partial charge is 0.480 e. The number of carboxylic acids is 1. The Kier molecular flexibility index (Phi) is 3.79. The van der Waals surface area contributed by atoms with Gasteiger partial charge >= 0.3 is 5.97 Å². The molecule has 0 spiro atoms. The van der Waals surface area contributed by atoms with Crippen LogP contribution in [0, 0.1) is 11.7 Å². The van der Waals surface area contributed by atoms with Crippen molar-refractivity contribution in [2.24, 2.45) is 5.92 Å². The molecule has 0 heterocycles. The molecule has 1 aromatic rings. The van der Waals surface area contributed by atoms with E-state index in [1.165, 1.54) is 6.92 Å². The first-order valence-corrected chi connectivity index (χ1v) is 7.75. The molecule has 1 aliphatic carbocycles. The maximum Gasteiger partial charge on any atom is 0.324 e. The first kappa shape index (κ1) is 15.2. The second-order valence-corrected chi connectivity index (χ2v) is 7.02. The van der Waals surface area contributed by atoms with Crippen LogP contribution in [-0.4, -0.2) is 25.0 Å². The Morgan fingerprint density at radius 2 is 2.10 bits per heavy atom. The van der Waals surface area contributed by atoms with Crippen LogP contribution in [-0.2, 0) is 14.8 Å². The summed E-state index contributed by atoms with van der Waals surface area (Å²) in [6.45, 7) is 1.32. The Labute approximate surface area is 120 Å². The van der Waals surface area contributed by atoms with Gasteiger partial charge in [-0.2, -0.15) is 4.72 Å². The third-order valence-electron chi connectivity index (χ3n) is 3.37. The lowest BCUT2D eigenvalue weighted by Gasteiger charge is -2.26. The molecule has 1 unspecified atom stereocenters. The highest BCUT2D eigenvalue weighted by Crippen LogP contribution is 2.40. The third-order valence-corrected chi connectivity index (χ3v) is 5.42. The van der Waals surface area contributed by atoms with Gasteiger partial charge in [0.05, 0.1) is 5.02 Å². The zero-order valence-corrected chi connectivity index (χ0v) is 12.1. The van der Waals surface area contributed by atoms with E-state index in [4.69, 9.17) is 11.6 Å². The number of hydrogen-bond donors (Lipinski definition) is 2. The molecule has 0 amide bonds. The van der Waals surface area contributed by atoms with Crippen molar-refractivity contribution in [3.05, 3.63) is 29.0 Å². The topological polar surface area (TPSA) is 83.5 Å². The summed E-state index contributed by atoms with van der Waals surface area (Å²) < 4.78 is 39.6. The summed E-state index contributed by atoms with van der Waals surface area (Å²) in [6, 6.07) is 2.83. The minimum absolute atomic E-state index is 0.256. The summed E-state index contributed by atoms with van der Waals surface area (Å²) in [7, 11) is -4.14. The number of nitrogens with one attached hydrogen (secondary N) is 1. The fraction of sp³-hybridized carbons (Fsp3) is 0.417. The molecular weight excluding hydrogens is 309 g/mol. The van der Waals surface area contributed by atoms with Gasteiger partial charge in [0, 0.05) is 0 Å². The minimum atomic E-state index is -4.14. The van der Waals surface area contributed by atoms with Crippen LogP contribution in [0.3, 0.4) is 0 Å². The van der Waals surface area contributed by atoms with E-state index in [2.05, 4.69) is 4.72 Å². The molecule has 0 saturated heterocycles. The van der Waals surface area contributed by atoms with Crippen molar-refractivity contribution < 1.29 is 22.7 Å². The van der Waals surface area contributed by atoms with E-state index >= 15 is 0 Å². The van der Waals surface area contributed by atoms with Gasteiger partial charge in [-0.05, 0) is 43.9 Å². The lowest BCUT2D eigenvalue weighted by Crippen LogP contribution is -2.53. The average molecular weight is 322 g/mol. The standard InChI is InChI=1S/C12H13ClFNO4S/c1-12(11(16)17,7-2-3-7)15-20(18,19)10-5-4-8(14)6-9(10)13/h4-7,15H,2-3H2,1H3,(H,16,17). The molecule has 5 nitrogen and oxygen atoms in total. The number of halogens is 2. The molecule has 2 N–H and O–H groups in total. The van der Waals surface area contributed by atoms with Crippen molar-refractivity contribution in [1.82, 2.24) is 4.72 Å². The van der Waals surface area contributed by atoms with E-state index < -0.39 is 27.3 Å². The predicted molar refractivity (Wildman–Crippen MR) is 70.5 cm³/mol. The summed E-state index contributed by atoms with van der Waals surface area (Å²) in [5.41, 5.74) is -1.59. The van der Waals surface area contributed by atoms with Crippen molar-refractivity contribution in [3.8, 4) is 0 Å². The average Bonchev–Trinajstić information content (AvgIpc) is 3.10. The maximum absolute atomic E-state index is 12.9. The number of aliphatic carboxylic acids is 1. The van der Waals surface area contributed by atoms with Crippen LogP contribution >= 0.6 is 11.6 Å². The molecule has 8 heteroatoms. The maximum atomic E-state index is 12.9. The molecule has 2 rings (SSSR count). The molecule has 0 aromatic heterocycles. The van der Waals surface area contributed by atoms with Crippen LogP contribution < -0.4 is 4.72 Å². The van der Waals surface area contributed by atoms with E-state index in [9.17, 15) is 22.7 Å². The lowest BCUT2D eigenvalue weighted by molar-refractivity contribution is -0.144. The van der Waals surface area contributed by atoms with E-state index in [0.717, 1.165) is 18.2 Å². The molecule has 1 aromatic carbocycles. The third kappa shape index (κ3) is 2.79. The highest BCUT2D eigenvalue weighted by atomic mass is 35.5. The van der Waals surface area contributed by atoms with Crippen molar-refractivity contribution in [2.45, 2.75) is 30.2 Å². The fourth-order valence-electron chi connectivity index (χ4n) is 1.99. The SMILES string of the molecule is CC(NS(=O)(=O)c1ccc(F)cc1Cl)(C(=O)O)C1CC1. The number of sulfonamides is 1. The van der Waals surface area contributed by atoms with Gasteiger partial charge in [0.1, 0.15) is 16.3 Å². The summed E-state index contributed by atoms with van der Waals surface area (Å²) in [5, 5.41) is 8.96. The van der Waals surface area contributed by atoms with Crippen LogP contribution in [0.1, 0.15) is 19.8 Å². The second-order valence-electron chi connectivity index (χ2n) is 4.96. The number of hydrogen-bond acceptors (Lipinski definition) is 3. The quantitative estimate of drug-likeness (QED) is 0.869. The number of rotatable bonds is 5. The van der Waals surface area contributed by atoms with Crippen LogP contribution in [0.4, 0.5) is 4.39 Å². The van der Waals surface area contributed by atoms with Crippen molar-refractivity contribution in [2.75, 3.05) is 0 Å². The van der Waals surface area contributed by atoms with E-state index in [0.29, 0.717) is 12.8 Å². The van der Waals surface area contributed by atoms with Gasteiger partial charge in [-0.15, -0.1) is 0 Å². The number of carboxylic acid groups (broad SMARTS) is 1. The number of benzene rings is 1. The first-order valence-electron chi connectivity index (χ1n) is 5.89. The van der Waals surface area contributed by atoms with Gasteiger partial charge in [0.15, 0.2) is 0 Å². The Balaban J connectivity index is 2.38. The highest BCUT2D eigenvalue weighted by Gasteiger charge is 2.50. The minimum Gasteiger partial charge on any atom is -0.480 e. The van der Waals surface area contributed by atoms with E-state index in [-0.39, 0.29) is 15.8 Å². The van der Waals surface area contributed by atoms with Crippen LogP contribution in [0.5, 0.6) is 0 Å². The molecular formula is C12H13ClFNO4S. The molecule has 1 fully saturated rings. The zero-order chi connectivity index (χ0) is 15.1. The number of carbonyl (C=O) groups is 1. The first-order chi connectivity index (χ1) is 9.17. The van der Waals surface area contributed by atoms with Gasteiger partial charge in [0.2, 0.25) is 10.0 Å². The van der Waals surface area contributed by atoms with Gasteiger partial charge in [-0.25, -0.2) is 12.8 Å². The monoisotopic (exact) mass is 321 g/mol. The van der Waals surface area contributed by atoms with Crippen LogP contribution in [0.2, 0.25) is 5.02 Å². The Morgan fingerprint density at radius 3 is 2.55 bits per heavy atom. The molecule has 1 atom stereocenters. The zero-order valence-electron chi connectivity index (χ0n) is 10.6. The van der Waals surface area contributed by atoms with Crippen molar-refractivity contribution >= 4 is 27.6 Å². The summed E-state index contributed by atoms with van der Waals surface area (Å²) in [5.74, 6) is -2.17. The van der Waals surface area contributed by atoms with Crippen molar-refractivity contribution in [3.63, 3.8) is 0 Å². The summed E-state index contributed by atoms with van der Waals surface area (Å²) in [6.07, 6.45) is 1.28. The Hall–Kier alpha value is -1.18. The van der Waals surface area contributed by atoms with Crippen LogP contribution in [0.25, 0.3) is 0 Å². The summed E-state index contributed by atoms with van der Waals surface area (Å²) in [4.78, 5) is 11.0. The van der Waals surface area contributed by atoms with Gasteiger partial charge in [-0.1, -0.05) is 11.6 Å². The van der Waals surface area contributed by atoms with E-state index in [1.54, 1.807) is 0 Å². The fourth-order valence-corrected chi connectivity index (χ4v) is 3.95. The summed E-state index contributed by atoms with van der Waals surface area (Å²) >= 11 is 5.71. The van der Waals surface area contributed by atoms with Crippen LogP contribution in [0.15, 0.2) is 23.1 Å². The smallest absolute Gasteiger partial charge is 0.324 e. The molecule has 1 saturated carbocycles. The predicted octanol–water partition coefficient (Wildman–Crippen LogP) is 2.01. The van der Waals surface area contributed by atoms with Gasteiger partial charge in [0.25, 0.3) is 0 Å². The molecule has 110 valence electrons. The second kappa shape index (κ2) is 4.98. The Morgan fingerprint density at radius 1 is 1.50 bits per heavy atom. The molecule has 0 bridgehead atoms. The molecule has 20 heavy (non-hydrogen) atoms. The molecule has 0 radical (unpaired) electrons. The highest BCUT2D eigenvalue weighted by molar-refractivity contribution is 7.89. The normalized spacial score (nSPS) is 18.6. The van der Waals surface area contributed by atoms with E-state index in [1.807, 2.05) is 0 Å². The lowest BCUT2D eigenvalue weighted by atomic mass is 9.98. The van der Waals surface area contributed by atoms with Gasteiger partial charge in [-0.3, -0.25) is 4.79 Å². The van der Waals surface area contributed by atoms with Crippen molar-refractivity contribution in [1.29, 1.82) is 0 Å². The Bertz CT molecular complexity index is 659.